The molecule has 0 saturated heterocycles. The Bertz CT molecular complexity index is 1330. The molecule has 2 heterocycles. The summed E-state index contributed by atoms with van der Waals surface area (Å²) in [6, 6.07) is 14.7. The molecule has 6 nitrogen and oxygen atoms in total. The number of benzene rings is 2. The van der Waals surface area contributed by atoms with Crippen molar-refractivity contribution < 1.29 is 0 Å². The highest BCUT2D eigenvalue weighted by Crippen LogP contribution is 2.34. The fourth-order valence-corrected chi connectivity index (χ4v) is 5.56. The summed E-state index contributed by atoms with van der Waals surface area (Å²) in [7, 11) is 1.97. The minimum Gasteiger partial charge on any atom is -0.351 e. The highest BCUT2D eigenvalue weighted by Gasteiger charge is 2.17. The predicted octanol–water partition coefficient (Wildman–Crippen LogP) is 7.67. The first-order chi connectivity index (χ1) is 17.0. The van der Waals surface area contributed by atoms with Gasteiger partial charge in [0, 0.05) is 41.2 Å². The molecule has 1 aliphatic rings. The lowest BCUT2D eigenvalue weighted by atomic mass is 9.95. The van der Waals surface area contributed by atoms with Gasteiger partial charge in [-0.1, -0.05) is 56.8 Å². The van der Waals surface area contributed by atoms with Crippen molar-refractivity contribution >= 4 is 46.2 Å². The number of hydrogen-bond donors (Lipinski definition) is 2. The lowest BCUT2D eigenvalue weighted by molar-refractivity contribution is 0.461. The second kappa shape index (κ2) is 10.5. The third kappa shape index (κ3) is 5.41. The number of halogens is 1. The van der Waals surface area contributed by atoms with Crippen molar-refractivity contribution in [3.63, 3.8) is 0 Å². The van der Waals surface area contributed by atoms with Crippen LogP contribution in [0.3, 0.4) is 0 Å². The lowest BCUT2D eigenvalue weighted by Crippen LogP contribution is -2.23. The highest BCUT2D eigenvalue weighted by atomic mass is 35.5. The summed E-state index contributed by atoms with van der Waals surface area (Å²) in [5.74, 6) is 1.85. The van der Waals surface area contributed by atoms with Gasteiger partial charge in [-0.05, 0) is 60.5 Å². The average Bonchev–Trinajstić information content (AvgIpc) is 3.24. The van der Waals surface area contributed by atoms with Crippen LogP contribution in [0, 0.1) is 0 Å². The fourth-order valence-electron chi connectivity index (χ4n) is 4.68. The van der Waals surface area contributed by atoms with Gasteiger partial charge in [0.15, 0.2) is 5.82 Å². The Morgan fingerprint density at radius 2 is 1.89 bits per heavy atom. The van der Waals surface area contributed by atoms with E-state index in [1.54, 1.807) is 0 Å². The molecule has 1 saturated carbocycles. The molecule has 1 fully saturated rings. The van der Waals surface area contributed by atoms with Gasteiger partial charge in [-0.25, -0.2) is 9.97 Å². The molecular weight excluding hydrogens is 476 g/mol. The van der Waals surface area contributed by atoms with Crippen LogP contribution in [-0.2, 0) is 7.05 Å². The molecule has 35 heavy (non-hydrogen) atoms. The molecule has 0 spiro atoms. The number of nitrogens with zero attached hydrogens (tertiary/aromatic N) is 4. The first kappa shape index (κ1) is 23.9. The van der Waals surface area contributed by atoms with Gasteiger partial charge in [0.05, 0.1) is 16.2 Å². The van der Waals surface area contributed by atoms with Crippen LogP contribution in [0.15, 0.2) is 53.6 Å². The van der Waals surface area contributed by atoms with Gasteiger partial charge < -0.3 is 10.0 Å². The standard InChI is InChI=1S/C27H31ClN6S/c1-17(2)21-14-18(13-19-16-29-27(31-26(19)21)30-20-9-5-4-6-10-20)23-15-25(32-34(23)3)33-35-24-12-8-7-11-22(24)28/h7-8,11-17,20H,4-6,9-10H2,1-3H3,(H,32,33)(H,29,30,31). The molecule has 0 bridgehead atoms. The van der Waals surface area contributed by atoms with E-state index in [4.69, 9.17) is 16.6 Å². The van der Waals surface area contributed by atoms with Crippen molar-refractivity contribution in [2.75, 3.05) is 10.0 Å². The van der Waals surface area contributed by atoms with Crippen LogP contribution in [-0.4, -0.2) is 25.8 Å². The predicted molar refractivity (Wildman–Crippen MR) is 147 cm³/mol. The topological polar surface area (TPSA) is 67.7 Å². The summed E-state index contributed by atoms with van der Waals surface area (Å²) in [6.07, 6.45) is 8.24. The van der Waals surface area contributed by atoms with E-state index in [2.05, 4.69) is 52.2 Å². The second-order valence-electron chi connectivity index (χ2n) is 9.50. The number of fused-ring (bicyclic) bond motifs is 1. The van der Waals surface area contributed by atoms with Crippen LogP contribution in [0.4, 0.5) is 11.8 Å². The van der Waals surface area contributed by atoms with Crippen molar-refractivity contribution in [2.45, 2.75) is 62.8 Å². The maximum atomic E-state index is 6.29. The van der Waals surface area contributed by atoms with Crippen molar-refractivity contribution in [3.05, 3.63) is 59.2 Å². The molecule has 2 aromatic carbocycles. The van der Waals surface area contributed by atoms with E-state index in [0.29, 0.717) is 12.0 Å². The van der Waals surface area contributed by atoms with E-state index >= 15 is 0 Å². The number of aromatic nitrogens is 4. The van der Waals surface area contributed by atoms with Crippen molar-refractivity contribution in [2.24, 2.45) is 7.05 Å². The van der Waals surface area contributed by atoms with Crippen LogP contribution < -0.4 is 10.0 Å². The van der Waals surface area contributed by atoms with Gasteiger partial charge in [-0.3, -0.25) is 4.68 Å². The van der Waals surface area contributed by atoms with E-state index in [1.165, 1.54) is 49.6 Å². The molecule has 182 valence electrons. The minimum atomic E-state index is 0.330. The van der Waals surface area contributed by atoms with E-state index in [0.717, 1.165) is 43.8 Å². The van der Waals surface area contributed by atoms with Crippen molar-refractivity contribution in [1.29, 1.82) is 0 Å². The third-order valence-corrected chi connectivity index (χ3v) is 7.88. The lowest BCUT2D eigenvalue weighted by Gasteiger charge is -2.23. The SMILES string of the molecule is CC(C)c1cc(-c2cc(NSc3ccccc3Cl)nn2C)cc2cnc(NC3CCCCC3)nc12. The highest BCUT2D eigenvalue weighted by molar-refractivity contribution is 8.00. The zero-order valence-electron chi connectivity index (χ0n) is 20.4. The normalized spacial score (nSPS) is 14.5. The number of rotatable bonds is 7. The van der Waals surface area contributed by atoms with Gasteiger partial charge in [0.25, 0.3) is 0 Å². The van der Waals surface area contributed by atoms with Crippen LogP contribution >= 0.6 is 23.5 Å². The molecule has 0 amide bonds. The molecule has 0 radical (unpaired) electrons. The fraction of sp³-hybridized carbons (Fsp3) is 0.370. The van der Waals surface area contributed by atoms with E-state index in [9.17, 15) is 0 Å². The van der Waals surface area contributed by atoms with E-state index in [-0.39, 0.29) is 0 Å². The molecule has 5 rings (SSSR count). The molecule has 0 aliphatic heterocycles. The summed E-state index contributed by atoms with van der Waals surface area (Å²) in [6.45, 7) is 4.43. The Morgan fingerprint density at radius 3 is 2.66 bits per heavy atom. The van der Waals surface area contributed by atoms with Crippen LogP contribution in [0.25, 0.3) is 22.2 Å². The van der Waals surface area contributed by atoms with Gasteiger partial charge in [-0.15, -0.1) is 0 Å². The molecule has 4 aromatic rings. The summed E-state index contributed by atoms with van der Waals surface area (Å²) in [4.78, 5) is 10.6. The van der Waals surface area contributed by atoms with Crippen LogP contribution in [0.1, 0.15) is 57.4 Å². The smallest absolute Gasteiger partial charge is 0.223 e. The largest absolute Gasteiger partial charge is 0.351 e. The first-order valence-electron chi connectivity index (χ1n) is 12.3. The first-order valence-corrected chi connectivity index (χ1v) is 13.5. The van der Waals surface area contributed by atoms with Gasteiger partial charge in [0.1, 0.15) is 0 Å². The molecule has 1 aliphatic carbocycles. The summed E-state index contributed by atoms with van der Waals surface area (Å²) in [5.41, 5.74) is 4.36. The Morgan fingerprint density at radius 1 is 1.09 bits per heavy atom. The molecule has 0 unspecified atom stereocenters. The van der Waals surface area contributed by atoms with Gasteiger partial charge >= 0.3 is 0 Å². The van der Waals surface area contributed by atoms with Crippen LogP contribution in [0.5, 0.6) is 0 Å². The Balaban J connectivity index is 1.43. The molecule has 8 heteroatoms. The van der Waals surface area contributed by atoms with Gasteiger partial charge in [-0.2, -0.15) is 5.10 Å². The maximum absolute atomic E-state index is 6.29. The summed E-state index contributed by atoms with van der Waals surface area (Å²) in [5, 5.41) is 10.00. The molecule has 2 aromatic heterocycles. The van der Waals surface area contributed by atoms with Crippen molar-refractivity contribution in [3.8, 4) is 11.3 Å². The molecular formula is C27H31ClN6S. The molecule has 0 atom stereocenters. The Labute approximate surface area is 216 Å². The molecule has 2 N–H and O–H groups in total. The number of hydrogen-bond acceptors (Lipinski definition) is 6. The second-order valence-corrected chi connectivity index (χ2v) is 10.8. The number of anilines is 2. The zero-order valence-corrected chi connectivity index (χ0v) is 22.0. The average molecular weight is 507 g/mol. The van der Waals surface area contributed by atoms with E-state index in [1.807, 2.05) is 42.2 Å². The van der Waals surface area contributed by atoms with Crippen LogP contribution in [0.2, 0.25) is 5.02 Å². The summed E-state index contributed by atoms with van der Waals surface area (Å²) < 4.78 is 5.22. The quantitative estimate of drug-likeness (QED) is 0.251. The maximum Gasteiger partial charge on any atom is 0.223 e. The zero-order chi connectivity index (χ0) is 24.4. The Kier molecular flexibility index (Phi) is 7.16. The summed E-state index contributed by atoms with van der Waals surface area (Å²) >= 11 is 7.75. The number of nitrogens with one attached hydrogen (secondary N) is 2. The minimum absolute atomic E-state index is 0.330. The number of aryl methyl sites for hydroxylation is 1. The third-order valence-electron chi connectivity index (χ3n) is 6.55. The van der Waals surface area contributed by atoms with Crippen molar-refractivity contribution in [1.82, 2.24) is 19.7 Å². The van der Waals surface area contributed by atoms with E-state index < -0.39 is 0 Å². The Hall–Kier alpha value is -2.77. The monoisotopic (exact) mass is 506 g/mol. The van der Waals surface area contributed by atoms with Gasteiger partial charge in [0.2, 0.25) is 5.95 Å².